The highest BCUT2D eigenvalue weighted by Gasteiger charge is 2.36. The van der Waals surface area contributed by atoms with E-state index in [1.165, 1.54) is 0 Å². The summed E-state index contributed by atoms with van der Waals surface area (Å²) in [4.78, 5) is 10.4. The van der Waals surface area contributed by atoms with Crippen LogP contribution in [-0.2, 0) is 12.7 Å². The van der Waals surface area contributed by atoms with Gasteiger partial charge in [-0.25, -0.2) is 4.98 Å². The molecule has 0 atom stereocenters. The van der Waals surface area contributed by atoms with E-state index < -0.39 is 11.9 Å². The second kappa shape index (κ2) is 8.10. The number of phenols is 1. The number of hydrogen-bond donors (Lipinski definition) is 1. The zero-order valence-electron chi connectivity index (χ0n) is 16.4. The molecule has 1 aliphatic rings. The highest BCUT2D eigenvalue weighted by atomic mass is 19.4. The number of phenolic OH excluding ortho intramolecular Hbond substituents is 1. The minimum atomic E-state index is -4.53. The SMILES string of the molecule is CCOc1cc(CN2CCC(c3cc(C(F)(F)F)n4ncnc4n3)CC2)ccc1O. The first-order valence-corrected chi connectivity index (χ1v) is 9.80. The molecule has 7 nitrogen and oxygen atoms in total. The van der Waals surface area contributed by atoms with E-state index in [1.807, 2.05) is 19.1 Å². The van der Waals surface area contributed by atoms with Crippen molar-refractivity contribution in [1.29, 1.82) is 0 Å². The molecule has 0 amide bonds. The number of nitrogens with zero attached hydrogens (tertiary/aromatic N) is 5. The third kappa shape index (κ3) is 4.18. The number of ether oxygens (including phenoxy) is 1. The van der Waals surface area contributed by atoms with Gasteiger partial charge in [0.2, 0.25) is 0 Å². The summed E-state index contributed by atoms with van der Waals surface area (Å²) in [5.74, 6) is 0.461. The van der Waals surface area contributed by atoms with Crippen molar-refractivity contribution >= 4 is 5.78 Å². The Morgan fingerprint density at radius 3 is 2.67 bits per heavy atom. The van der Waals surface area contributed by atoms with Crippen LogP contribution in [0.4, 0.5) is 13.2 Å². The molecule has 0 bridgehead atoms. The normalized spacial score (nSPS) is 16.3. The highest BCUT2D eigenvalue weighted by molar-refractivity contribution is 5.41. The van der Waals surface area contributed by atoms with Crippen LogP contribution in [0.2, 0.25) is 0 Å². The van der Waals surface area contributed by atoms with Crippen LogP contribution in [0.1, 0.15) is 42.6 Å². The third-order valence-electron chi connectivity index (χ3n) is 5.30. The Bertz CT molecular complexity index is 1030. The molecule has 3 heterocycles. The molecule has 3 aromatic rings. The van der Waals surface area contributed by atoms with E-state index in [0.29, 0.717) is 37.4 Å². The summed E-state index contributed by atoms with van der Waals surface area (Å²) >= 11 is 0. The van der Waals surface area contributed by atoms with Gasteiger partial charge in [-0.1, -0.05) is 6.07 Å². The van der Waals surface area contributed by atoms with Crippen LogP contribution >= 0.6 is 0 Å². The van der Waals surface area contributed by atoms with Gasteiger partial charge in [0.25, 0.3) is 5.78 Å². The van der Waals surface area contributed by atoms with E-state index in [-0.39, 0.29) is 17.4 Å². The lowest BCUT2D eigenvalue weighted by atomic mass is 9.92. The van der Waals surface area contributed by atoms with Crippen molar-refractivity contribution < 1.29 is 23.0 Å². The maximum atomic E-state index is 13.4. The van der Waals surface area contributed by atoms with Gasteiger partial charge in [-0.15, -0.1) is 0 Å². The van der Waals surface area contributed by atoms with Gasteiger partial charge in [0.05, 0.1) is 6.61 Å². The molecule has 2 aromatic heterocycles. The van der Waals surface area contributed by atoms with E-state index in [9.17, 15) is 18.3 Å². The van der Waals surface area contributed by atoms with Crippen molar-refractivity contribution in [3.63, 3.8) is 0 Å². The molecular formula is C20H22F3N5O2. The van der Waals surface area contributed by atoms with Crippen molar-refractivity contribution in [3.05, 3.63) is 47.5 Å². The molecule has 4 rings (SSSR count). The molecular weight excluding hydrogens is 399 g/mol. The highest BCUT2D eigenvalue weighted by Crippen LogP contribution is 2.34. The van der Waals surface area contributed by atoms with Crippen LogP contribution in [-0.4, -0.2) is 49.3 Å². The summed E-state index contributed by atoms with van der Waals surface area (Å²) in [5, 5.41) is 13.5. The molecule has 30 heavy (non-hydrogen) atoms. The monoisotopic (exact) mass is 421 g/mol. The van der Waals surface area contributed by atoms with Gasteiger partial charge >= 0.3 is 6.18 Å². The fraction of sp³-hybridized carbons (Fsp3) is 0.450. The van der Waals surface area contributed by atoms with Gasteiger partial charge in [-0.3, -0.25) is 4.90 Å². The second-order valence-corrected chi connectivity index (χ2v) is 7.32. The Labute approximate surface area is 171 Å². The summed E-state index contributed by atoms with van der Waals surface area (Å²) in [6.45, 7) is 4.46. The Morgan fingerprint density at radius 2 is 1.97 bits per heavy atom. The van der Waals surface area contributed by atoms with E-state index in [4.69, 9.17) is 4.74 Å². The summed E-state index contributed by atoms with van der Waals surface area (Å²) in [6.07, 6.45) is -2.05. The van der Waals surface area contributed by atoms with Crippen molar-refractivity contribution in [2.24, 2.45) is 0 Å². The summed E-state index contributed by atoms with van der Waals surface area (Å²) in [6, 6.07) is 6.38. The Balaban J connectivity index is 1.46. The summed E-state index contributed by atoms with van der Waals surface area (Å²) < 4.78 is 46.4. The van der Waals surface area contributed by atoms with E-state index in [2.05, 4.69) is 20.0 Å². The smallest absolute Gasteiger partial charge is 0.433 e. The predicted molar refractivity (Wildman–Crippen MR) is 102 cm³/mol. The first-order valence-electron chi connectivity index (χ1n) is 9.80. The van der Waals surface area contributed by atoms with Crippen LogP contribution in [0.3, 0.4) is 0 Å². The Hall–Kier alpha value is -2.88. The largest absolute Gasteiger partial charge is 0.504 e. The van der Waals surface area contributed by atoms with E-state index in [0.717, 1.165) is 35.6 Å². The average molecular weight is 421 g/mol. The molecule has 0 radical (unpaired) electrons. The predicted octanol–water partition coefficient (Wildman–Crippen LogP) is 3.63. The van der Waals surface area contributed by atoms with Crippen molar-refractivity contribution in [2.45, 2.75) is 38.4 Å². The van der Waals surface area contributed by atoms with Gasteiger partial charge in [-0.2, -0.15) is 27.8 Å². The summed E-state index contributed by atoms with van der Waals surface area (Å²) in [5.41, 5.74) is 0.567. The van der Waals surface area contributed by atoms with E-state index >= 15 is 0 Å². The Kier molecular flexibility index (Phi) is 5.50. The number of fused-ring (bicyclic) bond motifs is 1. The first-order chi connectivity index (χ1) is 14.3. The maximum Gasteiger partial charge on any atom is 0.433 e. The lowest BCUT2D eigenvalue weighted by molar-refractivity contribution is -0.142. The number of hydrogen-bond acceptors (Lipinski definition) is 6. The van der Waals surface area contributed by atoms with Crippen LogP contribution in [0.15, 0.2) is 30.6 Å². The van der Waals surface area contributed by atoms with Gasteiger partial charge < -0.3 is 9.84 Å². The average Bonchev–Trinajstić information content (AvgIpc) is 3.18. The molecule has 1 aromatic carbocycles. The number of aromatic hydroxyl groups is 1. The molecule has 1 saturated heterocycles. The van der Waals surface area contributed by atoms with Gasteiger partial charge in [0.1, 0.15) is 6.33 Å². The maximum absolute atomic E-state index is 13.4. The van der Waals surface area contributed by atoms with E-state index in [1.54, 1.807) is 6.07 Å². The van der Waals surface area contributed by atoms with Crippen LogP contribution < -0.4 is 4.74 Å². The molecule has 0 saturated carbocycles. The standard InChI is InChI=1S/C20H22F3N5O2/c1-2-30-17-9-13(3-4-16(17)29)11-27-7-5-14(6-8-27)15-10-18(20(21,22)23)28-19(26-15)24-12-25-28/h3-4,9-10,12,14,29H,2,5-8,11H2,1H3. The minimum absolute atomic E-state index is 0.0326. The van der Waals surface area contributed by atoms with Crippen LogP contribution in [0.25, 0.3) is 5.78 Å². The molecule has 10 heteroatoms. The zero-order chi connectivity index (χ0) is 21.3. The zero-order valence-corrected chi connectivity index (χ0v) is 16.4. The fourth-order valence-electron chi connectivity index (χ4n) is 3.81. The number of piperidine rings is 1. The number of benzene rings is 1. The fourth-order valence-corrected chi connectivity index (χ4v) is 3.81. The number of halogens is 3. The quantitative estimate of drug-likeness (QED) is 0.678. The van der Waals surface area contributed by atoms with Crippen molar-refractivity contribution in [1.82, 2.24) is 24.5 Å². The lowest BCUT2D eigenvalue weighted by Crippen LogP contribution is -2.33. The first kappa shape index (κ1) is 20.4. The van der Waals surface area contributed by atoms with Crippen LogP contribution in [0.5, 0.6) is 11.5 Å². The topological polar surface area (TPSA) is 75.8 Å². The van der Waals surface area contributed by atoms with Crippen LogP contribution in [0, 0.1) is 0 Å². The molecule has 160 valence electrons. The summed E-state index contributed by atoms with van der Waals surface area (Å²) in [7, 11) is 0. The van der Waals surface area contributed by atoms with Gasteiger partial charge in [0, 0.05) is 18.2 Å². The minimum Gasteiger partial charge on any atom is -0.504 e. The number of rotatable bonds is 5. The molecule has 1 N–H and O–H groups in total. The number of aromatic nitrogens is 4. The van der Waals surface area contributed by atoms with Crippen molar-refractivity contribution in [2.75, 3.05) is 19.7 Å². The lowest BCUT2D eigenvalue weighted by Gasteiger charge is -2.32. The molecule has 0 spiro atoms. The van der Waals surface area contributed by atoms with Gasteiger partial charge in [-0.05, 0) is 56.6 Å². The molecule has 1 fully saturated rings. The Morgan fingerprint density at radius 1 is 1.20 bits per heavy atom. The number of likely N-dealkylation sites (tertiary alicyclic amines) is 1. The van der Waals surface area contributed by atoms with Crippen molar-refractivity contribution in [3.8, 4) is 11.5 Å². The second-order valence-electron chi connectivity index (χ2n) is 7.32. The van der Waals surface area contributed by atoms with Gasteiger partial charge in [0.15, 0.2) is 17.2 Å². The molecule has 1 aliphatic heterocycles. The third-order valence-corrected chi connectivity index (χ3v) is 5.30. The molecule has 0 aliphatic carbocycles. The number of alkyl halides is 3. The molecule has 0 unspecified atom stereocenters.